The van der Waals surface area contributed by atoms with Crippen molar-refractivity contribution >= 4 is 40.6 Å². The van der Waals surface area contributed by atoms with Crippen LogP contribution in [0.5, 0.6) is 0 Å². The zero-order chi connectivity index (χ0) is 21.8. The van der Waals surface area contributed by atoms with Crippen LogP contribution in [-0.4, -0.2) is 47.4 Å². The number of hydrogen-bond donors (Lipinski definition) is 3. The van der Waals surface area contributed by atoms with Crippen LogP contribution in [-0.2, 0) is 9.53 Å². The van der Waals surface area contributed by atoms with E-state index in [1.165, 1.54) is 25.1 Å². The van der Waals surface area contributed by atoms with Crippen molar-refractivity contribution in [2.24, 2.45) is 5.73 Å². The molecule has 5 N–H and O–H groups in total. The number of nitrogens with zero attached hydrogens (tertiary/aromatic N) is 2. The molecule has 1 aliphatic rings. The van der Waals surface area contributed by atoms with Gasteiger partial charge in [0.25, 0.3) is 11.8 Å². The van der Waals surface area contributed by atoms with Crippen molar-refractivity contribution < 1.29 is 23.5 Å². The van der Waals surface area contributed by atoms with E-state index < -0.39 is 29.6 Å². The summed E-state index contributed by atoms with van der Waals surface area (Å²) in [6.45, 7) is 2.47. The van der Waals surface area contributed by atoms with Crippen LogP contribution in [0.15, 0.2) is 24.3 Å². The van der Waals surface area contributed by atoms with E-state index in [2.05, 4.69) is 9.69 Å². The fraction of sp³-hybridized carbons (Fsp3) is 0.368. The van der Waals surface area contributed by atoms with Crippen molar-refractivity contribution in [1.29, 1.82) is 0 Å². The van der Waals surface area contributed by atoms with Gasteiger partial charge in [-0.05, 0) is 49.5 Å². The molecule has 0 bridgehead atoms. The second kappa shape index (κ2) is 9.18. The molecule has 1 aliphatic heterocycles. The largest absolute Gasteiger partial charge is 0.395 e. The van der Waals surface area contributed by atoms with Gasteiger partial charge in [-0.1, -0.05) is 6.07 Å². The Morgan fingerprint density at radius 1 is 1.43 bits per heavy atom. The van der Waals surface area contributed by atoms with Crippen LogP contribution < -0.4 is 21.7 Å². The number of primary amides is 1. The molecule has 3 amide bonds. The lowest BCUT2D eigenvalue weighted by atomic mass is 10.1. The SMILES string of the molecule is C[C@H](C(=O)NC[C@@H]1CCCO1)N(C(=O)c1snc(C(N)=O)c1N)c1cccc(F)c1. The minimum Gasteiger partial charge on any atom is -0.395 e. The summed E-state index contributed by atoms with van der Waals surface area (Å²) in [5, 5.41) is 2.76. The number of hydrogen-bond acceptors (Lipinski definition) is 7. The first-order valence-electron chi connectivity index (χ1n) is 9.33. The fourth-order valence-corrected chi connectivity index (χ4v) is 3.91. The van der Waals surface area contributed by atoms with Gasteiger partial charge in [0.05, 0.1) is 11.8 Å². The molecule has 3 rings (SSSR count). The molecule has 0 saturated carbocycles. The van der Waals surface area contributed by atoms with E-state index in [0.29, 0.717) is 24.7 Å². The Morgan fingerprint density at radius 3 is 2.80 bits per heavy atom. The number of nitrogens with two attached hydrogens (primary N) is 2. The highest BCUT2D eigenvalue weighted by Gasteiger charge is 2.32. The number of rotatable bonds is 7. The number of nitrogen functional groups attached to an aromatic ring is 1. The molecule has 1 aromatic carbocycles. The smallest absolute Gasteiger partial charge is 0.272 e. The summed E-state index contributed by atoms with van der Waals surface area (Å²) >= 11 is 0.690. The van der Waals surface area contributed by atoms with Crippen LogP contribution in [0.2, 0.25) is 0 Å². The first kappa shape index (κ1) is 21.7. The number of amides is 3. The lowest BCUT2D eigenvalue weighted by Crippen LogP contribution is -2.49. The van der Waals surface area contributed by atoms with Gasteiger partial charge in [0.1, 0.15) is 16.7 Å². The zero-order valence-electron chi connectivity index (χ0n) is 16.3. The molecule has 2 aromatic rings. The minimum atomic E-state index is -1.00. The third-order valence-electron chi connectivity index (χ3n) is 4.76. The zero-order valence-corrected chi connectivity index (χ0v) is 17.1. The summed E-state index contributed by atoms with van der Waals surface area (Å²) < 4.78 is 23.2. The van der Waals surface area contributed by atoms with E-state index in [9.17, 15) is 18.8 Å². The van der Waals surface area contributed by atoms with Crippen molar-refractivity contribution in [1.82, 2.24) is 9.69 Å². The highest BCUT2D eigenvalue weighted by molar-refractivity contribution is 7.09. The Kier molecular flexibility index (Phi) is 6.63. The molecule has 1 aromatic heterocycles. The van der Waals surface area contributed by atoms with Gasteiger partial charge in [0.2, 0.25) is 5.91 Å². The fourth-order valence-electron chi connectivity index (χ4n) is 3.17. The minimum absolute atomic E-state index is 0.0631. The number of carbonyl (C=O) groups is 3. The second-order valence-electron chi connectivity index (χ2n) is 6.85. The number of nitrogens with one attached hydrogen (secondary N) is 1. The molecule has 11 heteroatoms. The number of aromatic nitrogens is 1. The lowest BCUT2D eigenvalue weighted by Gasteiger charge is -2.28. The maximum atomic E-state index is 13.8. The van der Waals surface area contributed by atoms with E-state index in [1.54, 1.807) is 0 Å². The Hall–Kier alpha value is -3.05. The van der Waals surface area contributed by atoms with E-state index in [1.807, 2.05) is 0 Å². The average Bonchev–Trinajstić information content (AvgIpc) is 3.35. The molecule has 1 fully saturated rings. The molecular weight excluding hydrogens is 413 g/mol. The van der Waals surface area contributed by atoms with E-state index in [4.69, 9.17) is 16.2 Å². The first-order chi connectivity index (χ1) is 14.3. The number of carbonyl (C=O) groups excluding carboxylic acids is 3. The maximum absolute atomic E-state index is 13.8. The van der Waals surface area contributed by atoms with Gasteiger partial charge in [-0.3, -0.25) is 19.3 Å². The molecule has 9 nitrogen and oxygen atoms in total. The summed E-state index contributed by atoms with van der Waals surface area (Å²) in [7, 11) is 0. The first-order valence-corrected chi connectivity index (χ1v) is 10.1. The molecule has 1 saturated heterocycles. The number of ether oxygens (including phenoxy) is 1. The van der Waals surface area contributed by atoms with E-state index in [0.717, 1.165) is 23.8 Å². The predicted octanol–water partition coefficient (Wildman–Crippen LogP) is 1.29. The number of benzene rings is 1. The molecule has 2 heterocycles. The van der Waals surface area contributed by atoms with Crippen LogP contribution in [0.3, 0.4) is 0 Å². The third kappa shape index (κ3) is 4.57. The van der Waals surface area contributed by atoms with E-state index >= 15 is 0 Å². The third-order valence-corrected chi connectivity index (χ3v) is 5.61. The molecule has 0 aliphatic carbocycles. The van der Waals surface area contributed by atoms with Gasteiger partial charge in [0.15, 0.2) is 5.69 Å². The van der Waals surface area contributed by atoms with Crippen LogP contribution in [0.1, 0.15) is 39.9 Å². The Bertz CT molecular complexity index is 960. The maximum Gasteiger partial charge on any atom is 0.272 e. The Morgan fingerprint density at radius 2 is 2.20 bits per heavy atom. The summed E-state index contributed by atoms with van der Waals surface area (Å²) in [6.07, 6.45) is 1.69. The van der Waals surface area contributed by atoms with Crippen LogP contribution in [0.4, 0.5) is 15.8 Å². The van der Waals surface area contributed by atoms with Crippen molar-refractivity contribution in [3.8, 4) is 0 Å². The summed E-state index contributed by atoms with van der Waals surface area (Å²) in [4.78, 5) is 38.5. The van der Waals surface area contributed by atoms with Crippen molar-refractivity contribution in [2.45, 2.75) is 31.9 Å². The topological polar surface area (TPSA) is 141 Å². The number of anilines is 2. The normalized spacial score (nSPS) is 16.8. The summed E-state index contributed by atoms with van der Waals surface area (Å²) in [5.41, 5.74) is 10.9. The highest BCUT2D eigenvalue weighted by Crippen LogP contribution is 2.28. The summed E-state index contributed by atoms with van der Waals surface area (Å²) in [6, 6.07) is 4.28. The lowest BCUT2D eigenvalue weighted by molar-refractivity contribution is -0.122. The summed E-state index contributed by atoms with van der Waals surface area (Å²) in [5.74, 6) is -2.58. The van der Waals surface area contributed by atoms with Crippen LogP contribution in [0.25, 0.3) is 0 Å². The van der Waals surface area contributed by atoms with Crippen molar-refractivity contribution in [3.63, 3.8) is 0 Å². The predicted molar refractivity (Wildman–Crippen MR) is 110 cm³/mol. The van der Waals surface area contributed by atoms with Crippen molar-refractivity contribution in [3.05, 3.63) is 40.7 Å². The van der Waals surface area contributed by atoms with Gasteiger partial charge in [0, 0.05) is 18.8 Å². The van der Waals surface area contributed by atoms with Gasteiger partial charge < -0.3 is 21.5 Å². The molecule has 0 radical (unpaired) electrons. The van der Waals surface area contributed by atoms with Crippen LogP contribution in [0, 0.1) is 5.82 Å². The quantitative estimate of drug-likeness (QED) is 0.599. The molecule has 0 spiro atoms. The van der Waals surface area contributed by atoms with Gasteiger partial charge in [-0.25, -0.2) is 4.39 Å². The van der Waals surface area contributed by atoms with E-state index in [-0.39, 0.29) is 28.0 Å². The monoisotopic (exact) mass is 435 g/mol. The highest BCUT2D eigenvalue weighted by atomic mass is 32.1. The van der Waals surface area contributed by atoms with Gasteiger partial charge >= 0.3 is 0 Å². The molecule has 2 atom stereocenters. The Labute approximate surface area is 176 Å². The molecule has 0 unspecified atom stereocenters. The molecule has 30 heavy (non-hydrogen) atoms. The second-order valence-corrected chi connectivity index (χ2v) is 7.62. The van der Waals surface area contributed by atoms with Crippen LogP contribution >= 0.6 is 11.5 Å². The number of halogens is 1. The Balaban J connectivity index is 1.89. The molecular formula is C19H22FN5O4S. The van der Waals surface area contributed by atoms with Gasteiger partial charge in [-0.15, -0.1) is 0 Å². The van der Waals surface area contributed by atoms with Gasteiger partial charge in [-0.2, -0.15) is 4.37 Å². The molecule has 160 valence electrons. The standard InChI is InChI=1S/C19H22FN5O4S/c1-10(18(27)23-9-13-6-3-7-29-13)25(12-5-2-4-11(20)8-12)19(28)16-14(21)15(17(22)26)24-30-16/h2,4-5,8,10,13H,3,6-7,9,21H2,1H3,(H2,22,26)(H,23,27)/t10-,13+/m1/s1. The van der Waals surface area contributed by atoms with Crippen molar-refractivity contribution in [2.75, 3.05) is 23.8 Å². The average molecular weight is 435 g/mol.